The van der Waals surface area contributed by atoms with E-state index in [9.17, 15) is 4.79 Å². The molecule has 3 nitrogen and oxygen atoms in total. The van der Waals surface area contributed by atoms with E-state index in [0.29, 0.717) is 6.42 Å². The number of aryl methyl sites for hydroxylation is 1. The van der Waals surface area contributed by atoms with E-state index >= 15 is 0 Å². The average molecular weight is 266 g/mol. The normalized spacial score (nSPS) is 11.0. The minimum absolute atomic E-state index is 0.00891. The van der Waals surface area contributed by atoms with Crippen LogP contribution in [0.2, 0.25) is 0 Å². The standard InChI is InChI=1S/C14H22N2OS/c1-3-5-6-7-8-14(17)16-15-11-13-10-9-12(4-2)18-13/h9-11H,3-8H2,1-2H3,(H,16,17)/b15-11+. The number of hydrazone groups is 1. The molecule has 0 aliphatic carbocycles. The molecule has 0 aliphatic heterocycles. The highest BCUT2D eigenvalue weighted by Crippen LogP contribution is 2.14. The fraction of sp³-hybridized carbons (Fsp3) is 0.571. The molecule has 0 radical (unpaired) electrons. The molecule has 4 heteroatoms. The summed E-state index contributed by atoms with van der Waals surface area (Å²) in [5.41, 5.74) is 2.57. The Morgan fingerprint density at radius 2 is 2.17 bits per heavy atom. The van der Waals surface area contributed by atoms with Crippen LogP contribution in [0.25, 0.3) is 0 Å². The van der Waals surface area contributed by atoms with Gasteiger partial charge in [-0.25, -0.2) is 5.43 Å². The van der Waals surface area contributed by atoms with Gasteiger partial charge in [0.1, 0.15) is 0 Å². The average Bonchev–Trinajstić information content (AvgIpc) is 2.83. The summed E-state index contributed by atoms with van der Waals surface area (Å²) in [6.07, 6.45) is 7.80. The molecule has 1 aromatic heterocycles. The number of amides is 1. The Morgan fingerprint density at radius 3 is 2.83 bits per heavy atom. The van der Waals surface area contributed by atoms with E-state index in [1.165, 1.54) is 17.7 Å². The Morgan fingerprint density at radius 1 is 1.33 bits per heavy atom. The minimum atomic E-state index is 0.00891. The number of rotatable bonds is 8. The molecule has 1 amide bonds. The summed E-state index contributed by atoms with van der Waals surface area (Å²) in [6, 6.07) is 4.12. The topological polar surface area (TPSA) is 41.5 Å². The third-order valence-corrected chi connectivity index (χ3v) is 3.83. The zero-order chi connectivity index (χ0) is 13.2. The maximum atomic E-state index is 11.4. The molecule has 0 aromatic carbocycles. The van der Waals surface area contributed by atoms with Crippen molar-refractivity contribution in [1.82, 2.24) is 5.43 Å². The monoisotopic (exact) mass is 266 g/mol. The molecule has 1 N–H and O–H groups in total. The second kappa shape index (κ2) is 8.86. The van der Waals surface area contributed by atoms with Gasteiger partial charge < -0.3 is 0 Å². The first kappa shape index (κ1) is 14.9. The fourth-order valence-electron chi connectivity index (χ4n) is 1.59. The predicted octanol–water partition coefficient (Wildman–Crippen LogP) is 3.73. The van der Waals surface area contributed by atoms with E-state index in [0.717, 1.165) is 24.1 Å². The molecule has 0 saturated heterocycles. The van der Waals surface area contributed by atoms with Gasteiger partial charge in [0, 0.05) is 16.2 Å². The van der Waals surface area contributed by atoms with Crippen LogP contribution in [0.3, 0.4) is 0 Å². The molecule has 100 valence electrons. The van der Waals surface area contributed by atoms with Crippen LogP contribution in [-0.4, -0.2) is 12.1 Å². The predicted molar refractivity (Wildman–Crippen MR) is 78.2 cm³/mol. The Balaban J connectivity index is 2.21. The van der Waals surface area contributed by atoms with Gasteiger partial charge in [0.15, 0.2) is 0 Å². The highest BCUT2D eigenvalue weighted by molar-refractivity contribution is 7.13. The smallest absolute Gasteiger partial charge is 0.240 e. The van der Waals surface area contributed by atoms with Gasteiger partial charge in [-0.3, -0.25) is 4.79 Å². The molecule has 1 rings (SSSR count). The van der Waals surface area contributed by atoms with Gasteiger partial charge in [0.2, 0.25) is 5.91 Å². The molecule has 0 unspecified atom stereocenters. The third kappa shape index (κ3) is 5.96. The van der Waals surface area contributed by atoms with Crippen molar-refractivity contribution in [3.63, 3.8) is 0 Å². The molecule has 0 bridgehead atoms. The van der Waals surface area contributed by atoms with Crippen molar-refractivity contribution in [2.45, 2.75) is 52.4 Å². The van der Waals surface area contributed by atoms with Crippen molar-refractivity contribution >= 4 is 23.5 Å². The lowest BCUT2D eigenvalue weighted by molar-refractivity contribution is -0.121. The Bertz CT molecular complexity index is 385. The number of carbonyl (C=O) groups excluding carboxylic acids is 1. The largest absolute Gasteiger partial charge is 0.273 e. The lowest BCUT2D eigenvalue weighted by Crippen LogP contribution is -2.16. The summed E-state index contributed by atoms with van der Waals surface area (Å²) in [7, 11) is 0. The number of hydrogen-bond acceptors (Lipinski definition) is 3. The lowest BCUT2D eigenvalue weighted by atomic mass is 10.1. The van der Waals surface area contributed by atoms with Crippen LogP contribution < -0.4 is 5.43 Å². The van der Waals surface area contributed by atoms with Crippen molar-refractivity contribution in [1.29, 1.82) is 0 Å². The van der Waals surface area contributed by atoms with Crippen LogP contribution in [0.15, 0.2) is 17.2 Å². The zero-order valence-electron chi connectivity index (χ0n) is 11.2. The van der Waals surface area contributed by atoms with Gasteiger partial charge in [0.05, 0.1) is 6.21 Å². The maximum Gasteiger partial charge on any atom is 0.240 e. The minimum Gasteiger partial charge on any atom is -0.273 e. The highest BCUT2D eigenvalue weighted by atomic mass is 32.1. The van der Waals surface area contributed by atoms with Gasteiger partial charge in [-0.1, -0.05) is 33.1 Å². The fourth-order valence-corrected chi connectivity index (χ4v) is 2.41. The van der Waals surface area contributed by atoms with Crippen LogP contribution in [-0.2, 0) is 11.2 Å². The van der Waals surface area contributed by atoms with Crippen molar-refractivity contribution in [2.24, 2.45) is 5.10 Å². The third-order valence-electron chi connectivity index (χ3n) is 2.67. The maximum absolute atomic E-state index is 11.4. The summed E-state index contributed by atoms with van der Waals surface area (Å²) in [4.78, 5) is 13.9. The molecule has 0 spiro atoms. The van der Waals surface area contributed by atoms with Crippen LogP contribution in [0.4, 0.5) is 0 Å². The van der Waals surface area contributed by atoms with Gasteiger partial charge in [-0.2, -0.15) is 5.10 Å². The number of nitrogens with zero attached hydrogens (tertiary/aromatic N) is 1. The van der Waals surface area contributed by atoms with Crippen molar-refractivity contribution in [2.75, 3.05) is 0 Å². The molecular formula is C14H22N2OS. The molecule has 0 aliphatic rings. The summed E-state index contributed by atoms with van der Waals surface area (Å²) >= 11 is 1.71. The first-order valence-corrected chi connectivity index (χ1v) is 7.48. The zero-order valence-corrected chi connectivity index (χ0v) is 12.1. The van der Waals surface area contributed by atoms with Gasteiger partial charge >= 0.3 is 0 Å². The first-order chi connectivity index (χ1) is 8.76. The van der Waals surface area contributed by atoms with E-state index in [2.05, 4.69) is 30.4 Å². The van der Waals surface area contributed by atoms with E-state index in [-0.39, 0.29) is 5.91 Å². The molecular weight excluding hydrogens is 244 g/mol. The summed E-state index contributed by atoms with van der Waals surface area (Å²) in [5, 5.41) is 3.97. The Hall–Kier alpha value is -1.16. The van der Waals surface area contributed by atoms with Gasteiger partial charge in [-0.05, 0) is 25.0 Å². The van der Waals surface area contributed by atoms with E-state index in [1.807, 2.05) is 6.07 Å². The van der Waals surface area contributed by atoms with E-state index in [1.54, 1.807) is 17.6 Å². The van der Waals surface area contributed by atoms with Crippen LogP contribution in [0, 0.1) is 0 Å². The molecule has 18 heavy (non-hydrogen) atoms. The first-order valence-electron chi connectivity index (χ1n) is 6.66. The van der Waals surface area contributed by atoms with Crippen molar-refractivity contribution in [3.8, 4) is 0 Å². The molecule has 1 aromatic rings. The second-order valence-electron chi connectivity index (χ2n) is 4.26. The summed E-state index contributed by atoms with van der Waals surface area (Å²) in [6.45, 7) is 4.29. The number of nitrogens with one attached hydrogen (secondary N) is 1. The quantitative estimate of drug-likeness (QED) is 0.435. The second-order valence-corrected chi connectivity index (χ2v) is 5.46. The highest BCUT2D eigenvalue weighted by Gasteiger charge is 1.99. The molecule has 0 saturated carbocycles. The Kier molecular flexibility index (Phi) is 7.34. The van der Waals surface area contributed by atoms with Crippen LogP contribution in [0.1, 0.15) is 55.7 Å². The lowest BCUT2D eigenvalue weighted by Gasteiger charge is -1.98. The number of unbranched alkanes of at least 4 members (excludes halogenated alkanes) is 3. The Labute approximate surface area is 113 Å². The van der Waals surface area contributed by atoms with Crippen molar-refractivity contribution < 1.29 is 4.79 Å². The van der Waals surface area contributed by atoms with Crippen LogP contribution >= 0.6 is 11.3 Å². The van der Waals surface area contributed by atoms with Gasteiger partial charge in [-0.15, -0.1) is 11.3 Å². The van der Waals surface area contributed by atoms with Crippen molar-refractivity contribution in [3.05, 3.63) is 21.9 Å². The summed E-state index contributed by atoms with van der Waals surface area (Å²) < 4.78 is 0. The molecule has 0 atom stereocenters. The summed E-state index contributed by atoms with van der Waals surface area (Å²) in [5.74, 6) is 0.00891. The number of thiophene rings is 1. The van der Waals surface area contributed by atoms with E-state index < -0.39 is 0 Å². The molecule has 1 heterocycles. The SMILES string of the molecule is CCCCCCC(=O)N/N=C/c1ccc(CC)s1. The van der Waals surface area contributed by atoms with Crippen LogP contribution in [0.5, 0.6) is 0 Å². The molecule has 0 fully saturated rings. The number of hydrogen-bond donors (Lipinski definition) is 1. The number of carbonyl (C=O) groups is 1. The van der Waals surface area contributed by atoms with Gasteiger partial charge in [0.25, 0.3) is 0 Å². The van der Waals surface area contributed by atoms with E-state index in [4.69, 9.17) is 0 Å².